The molecule has 2 saturated heterocycles. The molecule has 1 unspecified atom stereocenters. The summed E-state index contributed by atoms with van der Waals surface area (Å²) in [5.41, 5.74) is 0.937. The van der Waals surface area contributed by atoms with E-state index in [0.717, 1.165) is 18.4 Å². The standard InChI is InChI=1S/C15H18FNO3/c16-12-3-1-11(2-4-12)9-17(15(18)14-10-20-14)13-5-7-19-8-6-13/h1-4,13-14H,5-10H2. The predicted molar refractivity (Wildman–Crippen MR) is 70.5 cm³/mol. The van der Waals surface area contributed by atoms with E-state index < -0.39 is 0 Å². The summed E-state index contributed by atoms with van der Waals surface area (Å²) in [7, 11) is 0. The van der Waals surface area contributed by atoms with E-state index >= 15 is 0 Å². The number of benzene rings is 1. The van der Waals surface area contributed by atoms with E-state index in [9.17, 15) is 9.18 Å². The lowest BCUT2D eigenvalue weighted by molar-refractivity contribution is -0.137. The summed E-state index contributed by atoms with van der Waals surface area (Å²) in [5, 5.41) is 0. The van der Waals surface area contributed by atoms with Crippen molar-refractivity contribution in [3.63, 3.8) is 0 Å². The van der Waals surface area contributed by atoms with Crippen molar-refractivity contribution in [3.05, 3.63) is 35.6 Å². The van der Waals surface area contributed by atoms with E-state index in [0.29, 0.717) is 26.4 Å². The van der Waals surface area contributed by atoms with Gasteiger partial charge in [0.25, 0.3) is 5.91 Å². The van der Waals surface area contributed by atoms with Crippen LogP contribution in [0.3, 0.4) is 0 Å². The second-order valence-corrected chi connectivity index (χ2v) is 5.26. The molecule has 0 N–H and O–H groups in total. The fraction of sp³-hybridized carbons (Fsp3) is 0.533. The third kappa shape index (κ3) is 3.16. The zero-order valence-corrected chi connectivity index (χ0v) is 11.3. The van der Waals surface area contributed by atoms with Crippen LogP contribution >= 0.6 is 0 Å². The molecule has 2 heterocycles. The molecular formula is C15H18FNO3. The van der Waals surface area contributed by atoms with Gasteiger partial charge in [0.2, 0.25) is 0 Å². The number of hydrogen-bond donors (Lipinski definition) is 0. The van der Waals surface area contributed by atoms with Crippen LogP contribution in [0, 0.1) is 5.82 Å². The SMILES string of the molecule is O=C(C1CO1)N(Cc1ccc(F)cc1)C1CCOCC1. The number of nitrogens with zero attached hydrogens (tertiary/aromatic N) is 1. The second-order valence-electron chi connectivity index (χ2n) is 5.26. The molecule has 5 heteroatoms. The second kappa shape index (κ2) is 5.89. The molecule has 20 heavy (non-hydrogen) atoms. The average Bonchev–Trinajstić information content (AvgIpc) is 3.31. The number of halogens is 1. The molecule has 0 radical (unpaired) electrons. The molecule has 0 spiro atoms. The Bertz CT molecular complexity index is 467. The average molecular weight is 279 g/mol. The summed E-state index contributed by atoms with van der Waals surface area (Å²) in [6, 6.07) is 6.49. The number of carbonyl (C=O) groups is 1. The smallest absolute Gasteiger partial charge is 0.254 e. The maximum Gasteiger partial charge on any atom is 0.254 e. The minimum Gasteiger partial charge on any atom is -0.381 e. The molecule has 1 aromatic carbocycles. The minimum atomic E-state index is -0.279. The van der Waals surface area contributed by atoms with Gasteiger partial charge in [0, 0.05) is 25.8 Å². The molecule has 0 aliphatic carbocycles. The molecule has 4 nitrogen and oxygen atoms in total. The Morgan fingerprint density at radius 2 is 1.90 bits per heavy atom. The van der Waals surface area contributed by atoms with Crippen molar-refractivity contribution in [3.8, 4) is 0 Å². The lowest BCUT2D eigenvalue weighted by Gasteiger charge is -2.34. The van der Waals surface area contributed by atoms with Crippen LogP contribution in [0.4, 0.5) is 4.39 Å². The maximum absolute atomic E-state index is 13.0. The molecule has 1 aromatic rings. The summed E-state index contributed by atoms with van der Waals surface area (Å²) in [4.78, 5) is 14.2. The largest absolute Gasteiger partial charge is 0.381 e. The zero-order chi connectivity index (χ0) is 13.9. The zero-order valence-electron chi connectivity index (χ0n) is 11.3. The monoisotopic (exact) mass is 279 g/mol. The lowest BCUT2D eigenvalue weighted by atomic mass is 10.0. The van der Waals surface area contributed by atoms with Crippen molar-refractivity contribution >= 4 is 5.91 Å². The van der Waals surface area contributed by atoms with Crippen molar-refractivity contribution in [2.45, 2.75) is 31.5 Å². The molecule has 2 aliphatic heterocycles. The summed E-state index contributed by atoms with van der Waals surface area (Å²) in [6.45, 7) is 2.39. The lowest BCUT2D eigenvalue weighted by Crippen LogP contribution is -2.44. The van der Waals surface area contributed by atoms with Crippen molar-refractivity contribution in [2.75, 3.05) is 19.8 Å². The van der Waals surface area contributed by atoms with E-state index in [1.165, 1.54) is 12.1 Å². The third-order valence-electron chi connectivity index (χ3n) is 3.79. The van der Waals surface area contributed by atoms with Crippen molar-refractivity contribution in [2.24, 2.45) is 0 Å². The van der Waals surface area contributed by atoms with Gasteiger partial charge >= 0.3 is 0 Å². The van der Waals surface area contributed by atoms with E-state index in [2.05, 4.69) is 0 Å². The number of hydrogen-bond acceptors (Lipinski definition) is 3. The van der Waals surface area contributed by atoms with Gasteiger partial charge in [-0.05, 0) is 30.5 Å². The third-order valence-corrected chi connectivity index (χ3v) is 3.79. The fourth-order valence-corrected chi connectivity index (χ4v) is 2.55. The van der Waals surface area contributed by atoms with Crippen LogP contribution < -0.4 is 0 Å². The van der Waals surface area contributed by atoms with Crippen molar-refractivity contribution < 1.29 is 18.7 Å². The molecular weight excluding hydrogens is 261 g/mol. The summed E-state index contributed by atoms with van der Waals surface area (Å²) >= 11 is 0. The molecule has 2 aliphatic rings. The Hall–Kier alpha value is -1.46. The normalized spacial score (nSPS) is 22.6. The van der Waals surface area contributed by atoms with E-state index in [1.54, 1.807) is 12.1 Å². The molecule has 2 fully saturated rings. The highest BCUT2D eigenvalue weighted by molar-refractivity contribution is 5.83. The number of carbonyl (C=O) groups excluding carboxylic acids is 1. The molecule has 0 aromatic heterocycles. The van der Waals surface area contributed by atoms with Gasteiger partial charge in [-0.2, -0.15) is 0 Å². The van der Waals surface area contributed by atoms with Gasteiger partial charge in [0.05, 0.1) is 6.61 Å². The number of epoxide rings is 1. The molecule has 0 bridgehead atoms. The predicted octanol–water partition coefficient (Wildman–Crippen LogP) is 1.73. The van der Waals surface area contributed by atoms with E-state index in [1.807, 2.05) is 4.90 Å². The Morgan fingerprint density at radius 1 is 1.25 bits per heavy atom. The first-order valence-corrected chi connectivity index (χ1v) is 6.98. The van der Waals surface area contributed by atoms with Gasteiger partial charge in [-0.25, -0.2) is 4.39 Å². The van der Waals surface area contributed by atoms with E-state index in [-0.39, 0.29) is 23.9 Å². The van der Waals surface area contributed by atoms with Crippen molar-refractivity contribution in [1.29, 1.82) is 0 Å². The van der Waals surface area contributed by atoms with Gasteiger partial charge in [-0.3, -0.25) is 4.79 Å². The number of amides is 1. The van der Waals surface area contributed by atoms with Crippen LogP contribution in [0.25, 0.3) is 0 Å². The topological polar surface area (TPSA) is 42.1 Å². The van der Waals surface area contributed by atoms with Crippen LogP contribution in [0.15, 0.2) is 24.3 Å². The Morgan fingerprint density at radius 3 is 2.50 bits per heavy atom. The van der Waals surface area contributed by atoms with Gasteiger partial charge in [0.1, 0.15) is 5.82 Å². The first-order valence-electron chi connectivity index (χ1n) is 6.98. The van der Waals surface area contributed by atoms with Crippen molar-refractivity contribution in [1.82, 2.24) is 4.90 Å². The molecule has 108 valence electrons. The van der Waals surface area contributed by atoms with Crippen LogP contribution in [0.2, 0.25) is 0 Å². The number of ether oxygens (including phenoxy) is 2. The summed E-state index contributed by atoms with van der Waals surface area (Å²) < 4.78 is 23.4. The van der Waals surface area contributed by atoms with Gasteiger partial charge in [-0.1, -0.05) is 12.1 Å². The first kappa shape index (κ1) is 13.5. The molecule has 1 atom stereocenters. The molecule has 3 rings (SSSR count). The molecule has 1 amide bonds. The Balaban J connectivity index is 1.73. The van der Waals surface area contributed by atoms with Gasteiger partial charge in [-0.15, -0.1) is 0 Å². The fourth-order valence-electron chi connectivity index (χ4n) is 2.55. The Labute approximate surface area is 117 Å². The molecule has 0 saturated carbocycles. The minimum absolute atomic E-state index is 0.0428. The number of rotatable bonds is 4. The highest BCUT2D eigenvalue weighted by Gasteiger charge is 2.38. The summed E-state index contributed by atoms with van der Waals surface area (Å²) in [5.74, 6) is -0.218. The summed E-state index contributed by atoms with van der Waals surface area (Å²) in [6.07, 6.45) is 1.41. The highest BCUT2D eigenvalue weighted by atomic mass is 19.1. The maximum atomic E-state index is 13.0. The Kier molecular flexibility index (Phi) is 3.98. The van der Waals surface area contributed by atoms with Gasteiger partial charge in [0.15, 0.2) is 6.10 Å². The van der Waals surface area contributed by atoms with E-state index in [4.69, 9.17) is 9.47 Å². The quantitative estimate of drug-likeness (QED) is 0.788. The highest BCUT2D eigenvalue weighted by Crippen LogP contribution is 2.22. The van der Waals surface area contributed by atoms with Crippen LogP contribution in [0.5, 0.6) is 0 Å². The van der Waals surface area contributed by atoms with Crippen LogP contribution in [-0.4, -0.2) is 42.8 Å². The van der Waals surface area contributed by atoms with Crippen LogP contribution in [-0.2, 0) is 20.8 Å². The van der Waals surface area contributed by atoms with Crippen LogP contribution in [0.1, 0.15) is 18.4 Å². The van der Waals surface area contributed by atoms with Gasteiger partial charge < -0.3 is 14.4 Å². The first-order chi connectivity index (χ1) is 9.74.